The number of amides is 1. The van der Waals surface area contributed by atoms with Crippen LogP contribution in [0.3, 0.4) is 0 Å². The van der Waals surface area contributed by atoms with Gasteiger partial charge in [-0.25, -0.2) is 14.6 Å². The van der Waals surface area contributed by atoms with Gasteiger partial charge >= 0.3 is 0 Å². The predicted molar refractivity (Wildman–Crippen MR) is 150 cm³/mol. The highest BCUT2D eigenvalue weighted by atomic mass is 35.5. The summed E-state index contributed by atoms with van der Waals surface area (Å²) in [6, 6.07) is 17.1. The monoisotopic (exact) mass is 536 g/mol. The molecule has 2 N–H and O–H groups in total. The minimum atomic E-state index is -0.543. The standard InChI is InChI=1S/C29H25ClN8O/c1-18(2)27-26-25(10-11-32-29(26)38(35-27)24-9-8-20(28(31)39)12-22(24)30)36-16-23(33-17-36)21-13-34-37(15-21)14-19-6-4-3-5-7-19/h3-13,15-18H,14H2,1-2H3,(H2,31,39). The van der Waals surface area contributed by atoms with Gasteiger partial charge in [-0.1, -0.05) is 55.8 Å². The number of primary amides is 1. The van der Waals surface area contributed by atoms with E-state index in [1.54, 1.807) is 35.4 Å². The van der Waals surface area contributed by atoms with E-state index < -0.39 is 5.91 Å². The Morgan fingerprint density at radius 1 is 1.03 bits per heavy atom. The van der Waals surface area contributed by atoms with E-state index in [2.05, 4.69) is 41.0 Å². The molecule has 2 aromatic carbocycles. The number of benzene rings is 2. The molecule has 0 aliphatic rings. The van der Waals surface area contributed by atoms with Gasteiger partial charge in [0.25, 0.3) is 0 Å². The van der Waals surface area contributed by atoms with Crippen molar-refractivity contribution in [1.29, 1.82) is 0 Å². The molecule has 6 rings (SSSR count). The highest BCUT2D eigenvalue weighted by Gasteiger charge is 2.21. The smallest absolute Gasteiger partial charge is 0.248 e. The molecular formula is C29H25ClN8O. The van der Waals surface area contributed by atoms with Gasteiger partial charge < -0.3 is 10.3 Å². The molecule has 0 radical (unpaired) electrons. The van der Waals surface area contributed by atoms with Crippen LogP contribution in [0.1, 0.15) is 41.4 Å². The normalized spacial score (nSPS) is 11.5. The molecule has 10 heteroatoms. The van der Waals surface area contributed by atoms with Crippen molar-refractivity contribution >= 4 is 28.5 Å². The summed E-state index contributed by atoms with van der Waals surface area (Å²) in [6.07, 6.45) is 9.33. The highest BCUT2D eigenvalue weighted by molar-refractivity contribution is 6.32. The predicted octanol–water partition coefficient (Wildman–Crippen LogP) is 5.39. The Morgan fingerprint density at radius 3 is 2.59 bits per heavy atom. The first kappa shape index (κ1) is 24.6. The molecule has 0 atom stereocenters. The van der Waals surface area contributed by atoms with Gasteiger partial charge in [0.15, 0.2) is 5.65 Å². The number of carbonyl (C=O) groups is 1. The molecule has 0 unspecified atom stereocenters. The first-order valence-corrected chi connectivity index (χ1v) is 12.9. The minimum Gasteiger partial charge on any atom is -0.366 e. The molecule has 9 nitrogen and oxygen atoms in total. The number of rotatable bonds is 7. The number of nitrogens with zero attached hydrogens (tertiary/aromatic N) is 7. The number of imidazole rings is 1. The van der Waals surface area contributed by atoms with Gasteiger partial charge in [-0.15, -0.1) is 0 Å². The van der Waals surface area contributed by atoms with E-state index in [9.17, 15) is 4.79 Å². The first-order valence-electron chi connectivity index (χ1n) is 12.5. The largest absolute Gasteiger partial charge is 0.366 e. The molecule has 0 saturated carbocycles. The summed E-state index contributed by atoms with van der Waals surface area (Å²) in [4.78, 5) is 20.9. The molecule has 1 amide bonds. The van der Waals surface area contributed by atoms with E-state index in [0.29, 0.717) is 28.5 Å². The summed E-state index contributed by atoms with van der Waals surface area (Å²) in [5, 5.41) is 10.7. The molecule has 0 spiro atoms. The van der Waals surface area contributed by atoms with E-state index in [1.165, 1.54) is 5.56 Å². The highest BCUT2D eigenvalue weighted by Crippen LogP contribution is 2.33. The zero-order chi connectivity index (χ0) is 27.1. The summed E-state index contributed by atoms with van der Waals surface area (Å²) in [5.41, 5.74) is 11.7. The van der Waals surface area contributed by atoms with Crippen molar-refractivity contribution in [3.8, 4) is 22.6 Å². The molecule has 0 saturated heterocycles. The van der Waals surface area contributed by atoms with Gasteiger partial charge in [-0.2, -0.15) is 10.2 Å². The van der Waals surface area contributed by atoms with Gasteiger partial charge in [-0.3, -0.25) is 9.48 Å². The second kappa shape index (κ2) is 9.85. The SMILES string of the molecule is CC(C)c1nn(-c2ccc(C(N)=O)cc2Cl)c2nccc(-n3cnc(-c4cnn(Cc5ccccc5)c4)c3)c12. The lowest BCUT2D eigenvalue weighted by Crippen LogP contribution is -2.11. The average Bonchev–Trinajstić information content (AvgIpc) is 3.68. The van der Waals surface area contributed by atoms with Crippen molar-refractivity contribution in [2.24, 2.45) is 5.73 Å². The summed E-state index contributed by atoms with van der Waals surface area (Å²) in [7, 11) is 0. The van der Waals surface area contributed by atoms with Gasteiger partial charge in [-0.05, 0) is 35.7 Å². The molecule has 0 aliphatic heterocycles. The van der Waals surface area contributed by atoms with Crippen LogP contribution in [0.4, 0.5) is 0 Å². The lowest BCUT2D eigenvalue weighted by molar-refractivity contribution is 0.100. The second-order valence-electron chi connectivity index (χ2n) is 9.59. The number of fused-ring (bicyclic) bond motifs is 1. The Kier molecular flexibility index (Phi) is 6.20. The van der Waals surface area contributed by atoms with Crippen LogP contribution in [0.15, 0.2) is 85.7 Å². The van der Waals surface area contributed by atoms with Crippen molar-refractivity contribution in [1.82, 2.24) is 34.1 Å². The maximum absolute atomic E-state index is 11.6. The van der Waals surface area contributed by atoms with Gasteiger partial charge in [0, 0.05) is 29.7 Å². The summed E-state index contributed by atoms with van der Waals surface area (Å²) >= 11 is 6.56. The minimum absolute atomic E-state index is 0.111. The van der Waals surface area contributed by atoms with Crippen molar-refractivity contribution < 1.29 is 4.79 Å². The molecule has 0 fully saturated rings. The summed E-state index contributed by atoms with van der Waals surface area (Å²) < 4.78 is 5.60. The van der Waals surface area contributed by atoms with Crippen molar-refractivity contribution in [2.45, 2.75) is 26.3 Å². The maximum atomic E-state index is 11.6. The van der Waals surface area contributed by atoms with Crippen LogP contribution >= 0.6 is 11.6 Å². The van der Waals surface area contributed by atoms with E-state index >= 15 is 0 Å². The zero-order valence-electron chi connectivity index (χ0n) is 21.4. The van der Waals surface area contributed by atoms with Gasteiger partial charge in [0.2, 0.25) is 5.91 Å². The van der Waals surface area contributed by atoms with Crippen LogP contribution in [0.25, 0.3) is 33.7 Å². The zero-order valence-corrected chi connectivity index (χ0v) is 22.1. The van der Waals surface area contributed by atoms with Crippen molar-refractivity contribution in [3.63, 3.8) is 0 Å². The van der Waals surface area contributed by atoms with Crippen LogP contribution in [-0.2, 0) is 6.54 Å². The number of aromatic nitrogens is 7. The van der Waals surface area contributed by atoms with Gasteiger partial charge in [0.1, 0.15) is 0 Å². The van der Waals surface area contributed by atoms with Crippen molar-refractivity contribution in [3.05, 3.63) is 108 Å². The summed E-state index contributed by atoms with van der Waals surface area (Å²) in [6.45, 7) is 4.86. The quantitative estimate of drug-likeness (QED) is 0.294. The molecule has 194 valence electrons. The van der Waals surface area contributed by atoms with Crippen LogP contribution in [0, 0.1) is 0 Å². The molecule has 6 aromatic rings. The number of nitrogens with two attached hydrogens (primary N) is 1. The van der Waals surface area contributed by atoms with Crippen LogP contribution in [0.2, 0.25) is 5.02 Å². The lowest BCUT2D eigenvalue weighted by atomic mass is 10.1. The van der Waals surface area contributed by atoms with E-state index in [4.69, 9.17) is 22.4 Å². The first-order chi connectivity index (χ1) is 18.9. The van der Waals surface area contributed by atoms with E-state index in [0.717, 1.165) is 28.0 Å². The fourth-order valence-electron chi connectivity index (χ4n) is 4.63. The Labute approximate surface area is 229 Å². The Morgan fingerprint density at radius 2 is 1.85 bits per heavy atom. The second-order valence-corrected chi connectivity index (χ2v) is 10.00. The third kappa shape index (κ3) is 4.57. The Hall–Kier alpha value is -4.76. The number of pyridine rings is 1. The number of halogens is 1. The molecule has 4 aromatic heterocycles. The van der Waals surface area contributed by atoms with Crippen LogP contribution in [0.5, 0.6) is 0 Å². The van der Waals surface area contributed by atoms with Gasteiger partial charge in [0.05, 0.1) is 52.2 Å². The van der Waals surface area contributed by atoms with Crippen LogP contribution < -0.4 is 5.73 Å². The Bertz CT molecular complexity index is 1820. The fraction of sp³-hybridized carbons (Fsp3) is 0.138. The molecule has 0 aliphatic carbocycles. The lowest BCUT2D eigenvalue weighted by Gasteiger charge is -2.08. The maximum Gasteiger partial charge on any atom is 0.248 e. The molecule has 4 heterocycles. The number of carbonyl (C=O) groups excluding carboxylic acids is 1. The third-order valence-electron chi connectivity index (χ3n) is 6.56. The van der Waals surface area contributed by atoms with Crippen molar-refractivity contribution in [2.75, 3.05) is 0 Å². The molecule has 39 heavy (non-hydrogen) atoms. The average molecular weight is 537 g/mol. The van der Waals surface area contributed by atoms with Crippen LogP contribution in [-0.4, -0.2) is 40.0 Å². The number of hydrogen-bond acceptors (Lipinski definition) is 5. The van der Waals surface area contributed by atoms with E-state index in [-0.39, 0.29) is 5.92 Å². The third-order valence-corrected chi connectivity index (χ3v) is 6.86. The summed E-state index contributed by atoms with van der Waals surface area (Å²) in [5.74, 6) is -0.432. The molecular weight excluding hydrogens is 512 g/mol. The molecule has 0 bridgehead atoms. The Balaban J connectivity index is 1.40. The fourth-order valence-corrected chi connectivity index (χ4v) is 4.89. The van der Waals surface area contributed by atoms with E-state index in [1.807, 2.05) is 52.1 Å². The number of hydrogen-bond donors (Lipinski definition) is 1. The topological polar surface area (TPSA) is 109 Å².